The molecule has 0 radical (unpaired) electrons. The molecule has 4 nitrogen and oxygen atoms in total. The fourth-order valence-corrected chi connectivity index (χ4v) is 2.50. The highest BCUT2D eigenvalue weighted by atomic mass is 16.2. The number of carbonyl (C=O) groups is 1. The first kappa shape index (κ1) is 12.6. The quantitative estimate of drug-likeness (QED) is 0.882. The second-order valence-electron chi connectivity index (χ2n) is 5.16. The van der Waals surface area contributed by atoms with E-state index in [1.165, 1.54) is 0 Å². The van der Waals surface area contributed by atoms with Crippen molar-refractivity contribution in [1.82, 2.24) is 10.3 Å². The van der Waals surface area contributed by atoms with Crippen LogP contribution in [0.3, 0.4) is 0 Å². The number of amides is 1. The molecule has 0 aromatic carbocycles. The van der Waals surface area contributed by atoms with Crippen LogP contribution in [0.1, 0.15) is 31.2 Å². The molecule has 1 aromatic rings. The average molecular weight is 243 g/mol. The summed E-state index contributed by atoms with van der Waals surface area (Å²) < 4.78 is 0. The van der Waals surface area contributed by atoms with Crippen molar-refractivity contribution in [3.8, 4) is 6.07 Å². The topological polar surface area (TPSA) is 65.8 Å². The molecule has 1 amide bonds. The van der Waals surface area contributed by atoms with Gasteiger partial charge in [0.1, 0.15) is 5.41 Å². The lowest BCUT2D eigenvalue weighted by Crippen LogP contribution is -2.47. The minimum atomic E-state index is -0.802. The molecule has 0 atom stereocenters. The average Bonchev–Trinajstić information content (AvgIpc) is 2.32. The van der Waals surface area contributed by atoms with Crippen molar-refractivity contribution in [1.29, 1.82) is 5.26 Å². The van der Waals surface area contributed by atoms with E-state index >= 15 is 0 Å². The van der Waals surface area contributed by atoms with Gasteiger partial charge in [-0.25, -0.2) is 0 Å². The monoisotopic (exact) mass is 243 g/mol. The smallest absolute Gasteiger partial charge is 0.240 e. The molecular weight excluding hydrogens is 226 g/mol. The van der Waals surface area contributed by atoms with E-state index in [1.54, 1.807) is 0 Å². The van der Waals surface area contributed by atoms with Crippen LogP contribution in [-0.4, -0.2) is 10.9 Å². The first-order valence-corrected chi connectivity index (χ1v) is 6.18. The third kappa shape index (κ3) is 2.35. The molecule has 0 spiro atoms. The standard InChI is InChI=1S/C14H17N3O/c1-10-6-14(7-10,9-15)13(18)16-8-12-5-3-4-11(2)17-12/h3-5,10H,6-8H2,1-2H3,(H,16,18). The van der Waals surface area contributed by atoms with E-state index in [4.69, 9.17) is 5.26 Å². The first-order valence-electron chi connectivity index (χ1n) is 6.18. The highest BCUT2D eigenvalue weighted by molar-refractivity contribution is 5.86. The van der Waals surface area contributed by atoms with Crippen molar-refractivity contribution in [2.75, 3.05) is 0 Å². The SMILES string of the molecule is Cc1cccc(CNC(=O)C2(C#N)CC(C)C2)n1. The molecule has 0 saturated heterocycles. The first-order chi connectivity index (χ1) is 8.55. The maximum absolute atomic E-state index is 12.0. The van der Waals surface area contributed by atoms with Gasteiger partial charge >= 0.3 is 0 Å². The Morgan fingerprint density at radius 3 is 2.89 bits per heavy atom. The van der Waals surface area contributed by atoms with Gasteiger partial charge in [-0.2, -0.15) is 5.26 Å². The van der Waals surface area contributed by atoms with Crippen LogP contribution in [-0.2, 0) is 11.3 Å². The molecule has 1 heterocycles. The molecular formula is C14H17N3O. The predicted molar refractivity (Wildman–Crippen MR) is 67.3 cm³/mol. The number of aryl methyl sites for hydroxylation is 1. The van der Waals surface area contributed by atoms with Crippen molar-refractivity contribution >= 4 is 5.91 Å². The molecule has 0 unspecified atom stereocenters. The van der Waals surface area contributed by atoms with Crippen LogP contribution in [0.25, 0.3) is 0 Å². The molecule has 1 N–H and O–H groups in total. The molecule has 1 aliphatic rings. The molecule has 1 aromatic heterocycles. The van der Waals surface area contributed by atoms with Crippen molar-refractivity contribution in [2.45, 2.75) is 33.2 Å². The number of nitrogens with one attached hydrogen (secondary N) is 1. The number of carbonyl (C=O) groups excluding carboxylic acids is 1. The van der Waals surface area contributed by atoms with Crippen molar-refractivity contribution in [3.05, 3.63) is 29.6 Å². The fraction of sp³-hybridized carbons (Fsp3) is 0.500. The summed E-state index contributed by atoms with van der Waals surface area (Å²) in [6.07, 6.45) is 1.33. The van der Waals surface area contributed by atoms with E-state index in [0.717, 1.165) is 11.4 Å². The van der Waals surface area contributed by atoms with Gasteiger partial charge in [-0.3, -0.25) is 9.78 Å². The molecule has 4 heteroatoms. The van der Waals surface area contributed by atoms with E-state index in [-0.39, 0.29) is 5.91 Å². The molecule has 2 rings (SSSR count). The van der Waals surface area contributed by atoms with E-state index in [9.17, 15) is 4.79 Å². The second kappa shape index (κ2) is 4.77. The molecule has 18 heavy (non-hydrogen) atoms. The van der Waals surface area contributed by atoms with Gasteiger partial charge in [0, 0.05) is 5.69 Å². The summed E-state index contributed by atoms with van der Waals surface area (Å²) in [6, 6.07) is 7.86. The van der Waals surface area contributed by atoms with Gasteiger partial charge in [0.15, 0.2) is 0 Å². The van der Waals surface area contributed by atoms with E-state index < -0.39 is 5.41 Å². The van der Waals surface area contributed by atoms with Crippen LogP contribution in [0, 0.1) is 29.6 Å². The highest BCUT2D eigenvalue weighted by Gasteiger charge is 2.48. The number of hydrogen-bond donors (Lipinski definition) is 1. The van der Waals surface area contributed by atoms with E-state index in [1.807, 2.05) is 25.1 Å². The normalized spacial score (nSPS) is 25.9. The molecule has 0 bridgehead atoms. The minimum absolute atomic E-state index is 0.161. The number of pyridine rings is 1. The fourth-order valence-electron chi connectivity index (χ4n) is 2.50. The Bertz CT molecular complexity index is 498. The summed E-state index contributed by atoms with van der Waals surface area (Å²) >= 11 is 0. The van der Waals surface area contributed by atoms with Crippen LogP contribution in [0.4, 0.5) is 0 Å². The maximum Gasteiger partial charge on any atom is 0.240 e. The van der Waals surface area contributed by atoms with Gasteiger partial charge in [-0.15, -0.1) is 0 Å². The number of rotatable bonds is 3. The Kier molecular flexibility index (Phi) is 3.33. The van der Waals surface area contributed by atoms with Gasteiger partial charge in [0.25, 0.3) is 0 Å². The summed E-state index contributed by atoms with van der Waals surface area (Å²) in [6.45, 7) is 4.36. The van der Waals surface area contributed by atoms with Gasteiger partial charge in [0.2, 0.25) is 5.91 Å². The van der Waals surface area contributed by atoms with Crippen molar-refractivity contribution < 1.29 is 4.79 Å². The summed E-state index contributed by atoms with van der Waals surface area (Å²) in [5.74, 6) is 0.305. The molecule has 1 aliphatic carbocycles. The Hall–Kier alpha value is -1.89. The number of nitrogens with zero attached hydrogens (tertiary/aromatic N) is 2. The maximum atomic E-state index is 12.0. The summed E-state index contributed by atoms with van der Waals surface area (Å²) in [7, 11) is 0. The van der Waals surface area contributed by atoms with Gasteiger partial charge in [0.05, 0.1) is 18.3 Å². The van der Waals surface area contributed by atoms with E-state index in [0.29, 0.717) is 25.3 Å². The van der Waals surface area contributed by atoms with Crippen LogP contribution in [0.2, 0.25) is 0 Å². The lowest BCUT2D eigenvalue weighted by atomic mass is 9.63. The molecule has 94 valence electrons. The third-order valence-corrected chi connectivity index (χ3v) is 3.42. The van der Waals surface area contributed by atoms with Crippen molar-refractivity contribution in [2.24, 2.45) is 11.3 Å². The van der Waals surface area contributed by atoms with Crippen LogP contribution in [0.5, 0.6) is 0 Å². The Balaban J connectivity index is 1.95. The summed E-state index contributed by atoms with van der Waals surface area (Å²) in [5.41, 5.74) is 0.946. The zero-order chi connectivity index (χ0) is 13.2. The van der Waals surface area contributed by atoms with Crippen LogP contribution >= 0.6 is 0 Å². The molecule has 1 fully saturated rings. The number of aromatic nitrogens is 1. The van der Waals surface area contributed by atoms with Gasteiger partial charge in [-0.05, 0) is 37.8 Å². The van der Waals surface area contributed by atoms with Crippen LogP contribution in [0.15, 0.2) is 18.2 Å². The number of nitriles is 1. The number of hydrogen-bond acceptors (Lipinski definition) is 3. The molecule has 1 saturated carbocycles. The lowest BCUT2D eigenvalue weighted by molar-refractivity contribution is -0.134. The third-order valence-electron chi connectivity index (χ3n) is 3.42. The van der Waals surface area contributed by atoms with E-state index in [2.05, 4.69) is 23.3 Å². The van der Waals surface area contributed by atoms with Gasteiger partial charge in [-0.1, -0.05) is 13.0 Å². The Morgan fingerprint density at radius 2 is 2.33 bits per heavy atom. The Morgan fingerprint density at radius 1 is 1.61 bits per heavy atom. The summed E-state index contributed by atoms with van der Waals surface area (Å²) in [4.78, 5) is 16.3. The largest absolute Gasteiger partial charge is 0.349 e. The zero-order valence-corrected chi connectivity index (χ0v) is 10.7. The second-order valence-corrected chi connectivity index (χ2v) is 5.16. The minimum Gasteiger partial charge on any atom is -0.349 e. The summed E-state index contributed by atoms with van der Waals surface area (Å²) in [5, 5.41) is 12.0. The van der Waals surface area contributed by atoms with Crippen LogP contribution < -0.4 is 5.32 Å². The highest BCUT2D eigenvalue weighted by Crippen LogP contribution is 2.45. The molecule has 0 aliphatic heterocycles. The lowest BCUT2D eigenvalue weighted by Gasteiger charge is -2.39. The zero-order valence-electron chi connectivity index (χ0n) is 10.7. The van der Waals surface area contributed by atoms with Gasteiger partial charge < -0.3 is 5.32 Å². The Labute approximate surface area is 107 Å². The predicted octanol–water partition coefficient (Wildman–Crippen LogP) is 1.95. The van der Waals surface area contributed by atoms with Crippen molar-refractivity contribution in [3.63, 3.8) is 0 Å².